The molecule has 1 unspecified atom stereocenters. The Bertz CT molecular complexity index is 984. The summed E-state index contributed by atoms with van der Waals surface area (Å²) in [5.74, 6) is -1.61. The van der Waals surface area contributed by atoms with Gasteiger partial charge in [0, 0.05) is 5.69 Å². The maximum atomic E-state index is 13.2. The van der Waals surface area contributed by atoms with Gasteiger partial charge >= 0.3 is 6.03 Å². The van der Waals surface area contributed by atoms with Crippen molar-refractivity contribution in [1.82, 2.24) is 10.2 Å². The van der Waals surface area contributed by atoms with Gasteiger partial charge in [-0.3, -0.25) is 14.5 Å². The van der Waals surface area contributed by atoms with Gasteiger partial charge in [-0.1, -0.05) is 25.1 Å². The second kappa shape index (κ2) is 7.48. The number of nitrogens with zero attached hydrogens (tertiary/aromatic N) is 2. The highest BCUT2D eigenvalue weighted by atomic mass is 19.1. The van der Waals surface area contributed by atoms with Gasteiger partial charge in [0.25, 0.3) is 5.91 Å². The Labute approximate surface area is 160 Å². The minimum Gasteiger partial charge on any atom is -0.324 e. The lowest BCUT2D eigenvalue weighted by atomic mass is 9.87. The van der Waals surface area contributed by atoms with Crippen molar-refractivity contribution in [2.45, 2.75) is 18.9 Å². The number of amides is 4. The van der Waals surface area contributed by atoms with E-state index in [1.54, 1.807) is 25.1 Å². The quantitative estimate of drug-likeness (QED) is 0.778. The number of carbonyl (C=O) groups excluding carboxylic acids is 3. The summed E-state index contributed by atoms with van der Waals surface area (Å²) in [4.78, 5) is 38.5. The van der Waals surface area contributed by atoms with Gasteiger partial charge in [0.05, 0.1) is 11.6 Å². The molecule has 1 atom stereocenters. The monoisotopic (exact) mass is 380 g/mol. The number of imide groups is 1. The molecule has 2 aromatic carbocycles. The molecule has 0 aromatic heterocycles. The van der Waals surface area contributed by atoms with E-state index in [2.05, 4.69) is 10.6 Å². The number of benzene rings is 2. The number of nitriles is 1. The molecular weight excluding hydrogens is 363 g/mol. The summed E-state index contributed by atoms with van der Waals surface area (Å²) < 4.78 is 13.2. The molecule has 1 saturated heterocycles. The fourth-order valence-corrected chi connectivity index (χ4v) is 3.15. The number of urea groups is 1. The van der Waals surface area contributed by atoms with Gasteiger partial charge in [0.15, 0.2) is 0 Å². The molecule has 28 heavy (non-hydrogen) atoms. The summed E-state index contributed by atoms with van der Waals surface area (Å²) in [5, 5.41) is 14.1. The lowest BCUT2D eigenvalue weighted by Gasteiger charge is -2.25. The first-order valence-corrected chi connectivity index (χ1v) is 8.60. The minimum absolute atomic E-state index is 0.242. The molecule has 1 fully saturated rings. The molecule has 4 amide bonds. The van der Waals surface area contributed by atoms with Crippen LogP contribution in [0.1, 0.15) is 24.5 Å². The molecule has 0 spiro atoms. The highest BCUT2D eigenvalue weighted by Gasteiger charge is 2.51. The molecule has 3 rings (SSSR count). The third kappa shape index (κ3) is 3.42. The maximum Gasteiger partial charge on any atom is 0.325 e. The lowest BCUT2D eigenvalue weighted by molar-refractivity contribution is -0.134. The van der Waals surface area contributed by atoms with E-state index in [4.69, 9.17) is 5.26 Å². The van der Waals surface area contributed by atoms with E-state index < -0.39 is 35.7 Å². The van der Waals surface area contributed by atoms with Crippen LogP contribution < -0.4 is 10.6 Å². The van der Waals surface area contributed by atoms with Crippen LogP contribution >= 0.6 is 0 Å². The van der Waals surface area contributed by atoms with Crippen molar-refractivity contribution in [3.63, 3.8) is 0 Å². The minimum atomic E-state index is -1.34. The van der Waals surface area contributed by atoms with Crippen molar-refractivity contribution in [3.05, 3.63) is 65.5 Å². The van der Waals surface area contributed by atoms with Gasteiger partial charge in [0.1, 0.15) is 17.9 Å². The van der Waals surface area contributed by atoms with E-state index in [-0.39, 0.29) is 6.42 Å². The molecule has 7 nitrogen and oxygen atoms in total. The van der Waals surface area contributed by atoms with Crippen LogP contribution in [0.2, 0.25) is 0 Å². The Morgan fingerprint density at radius 2 is 1.96 bits per heavy atom. The number of halogens is 1. The highest BCUT2D eigenvalue weighted by Crippen LogP contribution is 2.32. The van der Waals surface area contributed by atoms with Crippen LogP contribution in [0.3, 0.4) is 0 Å². The Morgan fingerprint density at radius 3 is 2.61 bits per heavy atom. The van der Waals surface area contributed by atoms with Crippen LogP contribution in [0.25, 0.3) is 0 Å². The van der Waals surface area contributed by atoms with Crippen LogP contribution in [0.15, 0.2) is 48.5 Å². The van der Waals surface area contributed by atoms with Gasteiger partial charge < -0.3 is 10.6 Å². The van der Waals surface area contributed by atoms with Crippen LogP contribution in [0.5, 0.6) is 0 Å². The van der Waals surface area contributed by atoms with Crippen LogP contribution in [0, 0.1) is 17.1 Å². The number of carbonyl (C=O) groups is 3. The standard InChI is InChI=1S/C20H17FN4O3/c1-2-20(14-6-8-15(21)9-7-14)18(27)25(19(28)24-20)12-17(26)23-16-5-3-4-13(10-16)11-22/h3-10H,2,12H2,1H3,(H,23,26)(H,24,28). The lowest BCUT2D eigenvalue weighted by Crippen LogP contribution is -2.44. The molecule has 1 heterocycles. The van der Waals surface area contributed by atoms with Crippen LogP contribution in [-0.4, -0.2) is 29.3 Å². The number of hydrogen-bond acceptors (Lipinski definition) is 4. The van der Waals surface area contributed by atoms with Crippen molar-refractivity contribution < 1.29 is 18.8 Å². The molecule has 2 N–H and O–H groups in total. The average molecular weight is 380 g/mol. The van der Waals surface area contributed by atoms with E-state index in [1.807, 2.05) is 6.07 Å². The van der Waals surface area contributed by atoms with Crippen molar-refractivity contribution in [3.8, 4) is 6.07 Å². The van der Waals surface area contributed by atoms with Gasteiger partial charge in [-0.15, -0.1) is 0 Å². The maximum absolute atomic E-state index is 13.2. The zero-order valence-electron chi connectivity index (χ0n) is 15.0. The first kappa shape index (κ1) is 19.0. The fourth-order valence-electron chi connectivity index (χ4n) is 3.15. The molecule has 0 aliphatic carbocycles. The second-order valence-electron chi connectivity index (χ2n) is 6.33. The first-order valence-electron chi connectivity index (χ1n) is 8.60. The SMILES string of the molecule is CCC1(c2ccc(F)cc2)NC(=O)N(CC(=O)Nc2cccc(C#N)c2)C1=O. The summed E-state index contributed by atoms with van der Waals surface area (Å²) in [6.07, 6.45) is 0.242. The second-order valence-corrected chi connectivity index (χ2v) is 6.33. The van der Waals surface area contributed by atoms with Crippen molar-refractivity contribution in [2.75, 3.05) is 11.9 Å². The molecule has 142 valence electrons. The molecule has 0 radical (unpaired) electrons. The Kier molecular flexibility index (Phi) is 5.09. The highest BCUT2D eigenvalue weighted by molar-refractivity contribution is 6.10. The van der Waals surface area contributed by atoms with Crippen molar-refractivity contribution in [1.29, 1.82) is 5.26 Å². The topological polar surface area (TPSA) is 102 Å². The Balaban J connectivity index is 1.78. The zero-order chi connectivity index (χ0) is 20.3. The summed E-state index contributed by atoms with van der Waals surface area (Å²) in [5.41, 5.74) is -0.143. The summed E-state index contributed by atoms with van der Waals surface area (Å²) in [6.45, 7) is 1.24. The molecule has 0 saturated carbocycles. The van der Waals surface area contributed by atoms with Gasteiger partial charge in [0.2, 0.25) is 5.91 Å². The first-order chi connectivity index (χ1) is 13.4. The number of anilines is 1. The van der Waals surface area contributed by atoms with Gasteiger partial charge in [-0.25, -0.2) is 9.18 Å². The fraction of sp³-hybridized carbons (Fsp3) is 0.200. The number of nitrogens with one attached hydrogen (secondary N) is 2. The third-order valence-corrected chi connectivity index (χ3v) is 4.62. The molecule has 2 aromatic rings. The predicted molar refractivity (Wildman–Crippen MR) is 98.4 cm³/mol. The molecule has 8 heteroatoms. The van der Waals surface area contributed by atoms with Crippen molar-refractivity contribution >= 4 is 23.5 Å². The van der Waals surface area contributed by atoms with Crippen molar-refractivity contribution in [2.24, 2.45) is 0 Å². The zero-order valence-corrected chi connectivity index (χ0v) is 15.0. The molecule has 1 aliphatic rings. The summed E-state index contributed by atoms with van der Waals surface area (Å²) >= 11 is 0. The molecule has 0 bridgehead atoms. The van der Waals surface area contributed by atoms with E-state index >= 15 is 0 Å². The Hall–Kier alpha value is -3.73. The van der Waals surface area contributed by atoms with Gasteiger partial charge in [-0.05, 0) is 42.3 Å². The smallest absolute Gasteiger partial charge is 0.324 e. The average Bonchev–Trinajstić information content (AvgIpc) is 2.93. The van der Waals surface area contributed by atoms with E-state index in [0.717, 1.165) is 4.90 Å². The van der Waals surface area contributed by atoms with E-state index in [0.29, 0.717) is 16.8 Å². The predicted octanol–water partition coefficient (Wildman–Crippen LogP) is 2.49. The summed E-state index contributed by atoms with van der Waals surface area (Å²) in [6, 6.07) is 12.8. The van der Waals surface area contributed by atoms with Gasteiger partial charge in [-0.2, -0.15) is 5.26 Å². The normalized spacial score (nSPS) is 18.5. The summed E-state index contributed by atoms with van der Waals surface area (Å²) in [7, 11) is 0. The van der Waals surface area contributed by atoms with E-state index in [9.17, 15) is 18.8 Å². The largest absolute Gasteiger partial charge is 0.325 e. The van der Waals surface area contributed by atoms with Crippen LogP contribution in [0.4, 0.5) is 14.9 Å². The molecule has 1 aliphatic heterocycles. The third-order valence-electron chi connectivity index (χ3n) is 4.62. The Morgan fingerprint density at radius 1 is 1.25 bits per heavy atom. The number of hydrogen-bond donors (Lipinski definition) is 2. The van der Waals surface area contributed by atoms with E-state index in [1.165, 1.54) is 30.3 Å². The number of rotatable bonds is 5. The molecular formula is C20H17FN4O3. The van der Waals surface area contributed by atoms with Crippen LogP contribution in [-0.2, 0) is 15.1 Å².